The van der Waals surface area contributed by atoms with Crippen LogP contribution in [-0.2, 0) is 0 Å². The lowest BCUT2D eigenvalue weighted by Gasteiger charge is -2.07. The molecule has 0 amide bonds. The average molecular weight is 372 g/mol. The molecule has 0 spiro atoms. The van der Waals surface area contributed by atoms with Gasteiger partial charge in [-0.3, -0.25) is 0 Å². The Kier molecular flexibility index (Phi) is 4.55. The van der Waals surface area contributed by atoms with Crippen LogP contribution in [0, 0.1) is 3.57 Å². The highest BCUT2D eigenvalue weighted by atomic mass is 127. The first-order valence-electron chi connectivity index (χ1n) is 3.62. The van der Waals surface area contributed by atoms with E-state index in [0.717, 1.165) is 25.3 Å². The number of benzene rings is 1. The fourth-order valence-electron chi connectivity index (χ4n) is 0.824. The highest BCUT2D eigenvalue weighted by molar-refractivity contribution is 14.1. The molecule has 4 heteroatoms. The Morgan fingerprint density at radius 2 is 2.31 bits per heavy atom. The van der Waals surface area contributed by atoms with E-state index in [4.69, 9.17) is 11.6 Å². The summed E-state index contributed by atoms with van der Waals surface area (Å²) < 4.78 is 2.04. The zero-order valence-electron chi connectivity index (χ0n) is 6.78. The van der Waals surface area contributed by atoms with Crippen molar-refractivity contribution >= 4 is 55.8 Å². The molecule has 70 valence electrons. The largest absolute Gasteiger partial charge is 0.380 e. The topological polar surface area (TPSA) is 12.0 Å². The number of nitrogens with one attached hydrogen (secondary N) is 1. The Bertz CT molecular complexity index is 327. The second kappa shape index (κ2) is 5.22. The van der Waals surface area contributed by atoms with Crippen LogP contribution in [0.5, 0.6) is 0 Å². The lowest BCUT2D eigenvalue weighted by molar-refractivity contribution is 1.32. The van der Waals surface area contributed by atoms with Gasteiger partial charge in [0.1, 0.15) is 0 Å². The van der Waals surface area contributed by atoms with Gasteiger partial charge < -0.3 is 5.32 Å². The maximum Gasteiger partial charge on any atom is 0.0479 e. The van der Waals surface area contributed by atoms with E-state index in [1.165, 1.54) is 0 Å². The molecule has 0 unspecified atom stereocenters. The molecule has 1 rings (SSSR count). The molecule has 0 atom stereocenters. The molecule has 0 radical (unpaired) electrons. The summed E-state index contributed by atoms with van der Waals surface area (Å²) in [6.07, 6.45) is 0. The molecule has 13 heavy (non-hydrogen) atoms. The monoisotopic (exact) mass is 371 g/mol. The molecule has 0 heterocycles. The number of hydrogen-bond donors (Lipinski definition) is 1. The molecular formula is C9H8BrClIN. The first-order valence-corrected chi connectivity index (χ1v) is 5.87. The van der Waals surface area contributed by atoms with Crippen molar-refractivity contribution in [3.8, 4) is 0 Å². The van der Waals surface area contributed by atoms with E-state index >= 15 is 0 Å². The van der Waals surface area contributed by atoms with E-state index in [1.54, 1.807) is 0 Å². The zero-order chi connectivity index (χ0) is 9.84. The van der Waals surface area contributed by atoms with Gasteiger partial charge in [0.2, 0.25) is 0 Å². The summed E-state index contributed by atoms with van der Waals surface area (Å²) in [4.78, 5) is 0. The van der Waals surface area contributed by atoms with Gasteiger partial charge in [-0.1, -0.05) is 34.1 Å². The van der Waals surface area contributed by atoms with Crippen molar-refractivity contribution in [2.24, 2.45) is 0 Å². The number of rotatable bonds is 3. The fourth-order valence-corrected chi connectivity index (χ4v) is 2.03. The van der Waals surface area contributed by atoms with Crippen molar-refractivity contribution < 1.29 is 0 Å². The lowest BCUT2D eigenvalue weighted by atomic mass is 10.3. The van der Waals surface area contributed by atoms with Crippen LogP contribution < -0.4 is 5.32 Å². The second-order valence-corrected chi connectivity index (χ2v) is 5.22. The van der Waals surface area contributed by atoms with Crippen LogP contribution >= 0.6 is 50.1 Å². The second-order valence-electron chi connectivity index (χ2n) is 2.49. The van der Waals surface area contributed by atoms with Gasteiger partial charge in [0.25, 0.3) is 0 Å². The van der Waals surface area contributed by atoms with Gasteiger partial charge in [0.15, 0.2) is 0 Å². The molecule has 1 aromatic rings. The highest BCUT2D eigenvalue weighted by Gasteiger charge is 1.99. The van der Waals surface area contributed by atoms with Crippen molar-refractivity contribution in [1.82, 2.24) is 0 Å². The SMILES string of the molecule is C=C(Br)CNc1ccc(Cl)cc1I. The fraction of sp³-hybridized carbons (Fsp3) is 0.111. The van der Waals surface area contributed by atoms with Crippen molar-refractivity contribution in [2.45, 2.75) is 0 Å². The van der Waals surface area contributed by atoms with Crippen molar-refractivity contribution in [2.75, 3.05) is 11.9 Å². The Labute approximate surface area is 105 Å². The van der Waals surface area contributed by atoms with Crippen LogP contribution in [0.2, 0.25) is 5.02 Å². The van der Waals surface area contributed by atoms with Gasteiger partial charge in [0.05, 0.1) is 0 Å². The van der Waals surface area contributed by atoms with Crippen LogP contribution in [0.3, 0.4) is 0 Å². The zero-order valence-corrected chi connectivity index (χ0v) is 11.3. The Morgan fingerprint density at radius 1 is 1.62 bits per heavy atom. The van der Waals surface area contributed by atoms with E-state index in [0.29, 0.717) is 0 Å². The van der Waals surface area contributed by atoms with Gasteiger partial charge in [-0.2, -0.15) is 0 Å². The standard InChI is InChI=1S/C9H8BrClIN/c1-6(10)5-13-9-3-2-7(11)4-8(9)12/h2-4,13H,1,5H2. The summed E-state index contributed by atoms with van der Waals surface area (Å²) in [5.74, 6) is 0. The maximum atomic E-state index is 5.82. The minimum Gasteiger partial charge on any atom is -0.380 e. The quantitative estimate of drug-likeness (QED) is 0.782. The van der Waals surface area contributed by atoms with Crippen LogP contribution in [0.25, 0.3) is 0 Å². The molecule has 0 fully saturated rings. The Morgan fingerprint density at radius 3 is 2.85 bits per heavy atom. The van der Waals surface area contributed by atoms with Gasteiger partial charge >= 0.3 is 0 Å². The third-order valence-corrected chi connectivity index (χ3v) is 2.81. The average Bonchev–Trinajstić information content (AvgIpc) is 2.02. The van der Waals surface area contributed by atoms with Crippen molar-refractivity contribution in [3.05, 3.63) is 37.9 Å². The number of halogens is 3. The first-order chi connectivity index (χ1) is 6.09. The van der Waals surface area contributed by atoms with Gasteiger partial charge in [-0.15, -0.1) is 0 Å². The molecule has 0 bridgehead atoms. The number of hydrogen-bond acceptors (Lipinski definition) is 1. The third-order valence-electron chi connectivity index (χ3n) is 1.40. The summed E-state index contributed by atoms with van der Waals surface area (Å²) >= 11 is 11.3. The summed E-state index contributed by atoms with van der Waals surface area (Å²) in [5.41, 5.74) is 1.07. The molecule has 1 nitrogen and oxygen atoms in total. The van der Waals surface area contributed by atoms with Gasteiger partial charge in [-0.25, -0.2) is 0 Å². The third kappa shape index (κ3) is 3.87. The number of anilines is 1. The molecule has 0 aliphatic heterocycles. The van der Waals surface area contributed by atoms with Crippen LogP contribution in [0.15, 0.2) is 29.3 Å². The molecule has 0 aliphatic rings. The minimum atomic E-state index is 0.720. The van der Waals surface area contributed by atoms with Crippen LogP contribution in [-0.4, -0.2) is 6.54 Å². The van der Waals surface area contributed by atoms with E-state index in [2.05, 4.69) is 50.4 Å². The minimum absolute atomic E-state index is 0.720. The molecule has 0 aliphatic carbocycles. The van der Waals surface area contributed by atoms with Crippen LogP contribution in [0.4, 0.5) is 5.69 Å². The molecule has 1 N–H and O–H groups in total. The molecule has 1 aromatic carbocycles. The van der Waals surface area contributed by atoms with E-state index in [-0.39, 0.29) is 0 Å². The lowest BCUT2D eigenvalue weighted by Crippen LogP contribution is -2.01. The van der Waals surface area contributed by atoms with Crippen molar-refractivity contribution in [3.63, 3.8) is 0 Å². The van der Waals surface area contributed by atoms with Gasteiger partial charge in [-0.05, 0) is 40.8 Å². The predicted octanol–water partition coefficient (Wildman–Crippen LogP) is 4.27. The maximum absolute atomic E-state index is 5.82. The normalized spacial score (nSPS) is 9.77. The Hall–Kier alpha value is 0.260. The molecule has 0 aromatic heterocycles. The molecule has 0 saturated carbocycles. The molecule has 0 saturated heterocycles. The van der Waals surface area contributed by atoms with Gasteiger partial charge in [0, 0.05) is 25.3 Å². The van der Waals surface area contributed by atoms with E-state index < -0.39 is 0 Å². The van der Waals surface area contributed by atoms with Crippen LogP contribution in [0.1, 0.15) is 0 Å². The van der Waals surface area contributed by atoms with Crippen molar-refractivity contribution in [1.29, 1.82) is 0 Å². The summed E-state index contributed by atoms with van der Waals surface area (Å²) in [7, 11) is 0. The molecular weight excluding hydrogens is 364 g/mol. The highest BCUT2D eigenvalue weighted by Crippen LogP contribution is 2.22. The first kappa shape index (κ1) is 11.3. The summed E-state index contributed by atoms with van der Waals surface area (Å²) in [5, 5.41) is 3.98. The summed E-state index contributed by atoms with van der Waals surface area (Å²) in [6, 6.07) is 5.74. The van der Waals surface area contributed by atoms with E-state index in [1.807, 2.05) is 18.2 Å². The van der Waals surface area contributed by atoms with E-state index in [9.17, 15) is 0 Å². The smallest absolute Gasteiger partial charge is 0.0479 e. The Balaban J connectivity index is 2.72. The predicted molar refractivity (Wildman–Crippen MR) is 70.7 cm³/mol. The summed E-state index contributed by atoms with van der Waals surface area (Å²) in [6.45, 7) is 4.46.